The minimum atomic E-state index is -5.91. The van der Waals surface area contributed by atoms with Crippen LogP contribution in [-0.2, 0) is 5.92 Å². The highest BCUT2D eigenvalue weighted by Gasteiger charge is 2.63. The number of amides is 1. The molecule has 0 unspecified atom stereocenters. The smallest absolute Gasteiger partial charge is 0.463 e. The summed E-state index contributed by atoms with van der Waals surface area (Å²) in [4.78, 5) is 23.9. The Kier molecular flexibility index (Phi) is 5.92. The van der Waals surface area contributed by atoms with Crippen LogP contribution in [0.1, 0.15) is 32.2 Å². The Hall–Kier alpha value is -3.54. The van der Waals surface area contributed by atoms with Crippen LogP contribution < -0.4 is 5.32 Å². The van der Waals surface area contributed by atoms with Crippen LogP contribution in [0.5, 0.6) is 0 Å². The van der Waals surface area contributed by atoms with E-state index in [1.165, 1.54) is 43.3 Å². The molecule has 168 valence electrons. The number of aromatic nitrogens is 2. The zero-order valence-corrected chi connectivity index (χ0v) is 16.6. The van der Waals surface area contributed by atoms with Crippen LogP contribution in [0, 0.1) is 6.92 Å². The number of carbonyl (C=O) groups excluding carboxylic acids is 1. The van der Waals surface area contributed by atoms with Crippen molar-refractivity contribution in [3.63, 3.8) is 0 Å². The Balaban J connectivity index is 1.87. The lowest BCUT2D eigenvalue weighted by Crippen LogP contribution is -2.34. The molecule has 2 aromatic carbocycles. The molecular formula is C19H11ClF5N3O4. The molecule has 0 aliphatic rings. The highest BCUT2D eigenvalue weighted by molar-refractivity contribution is 6.34. The zero-order chi connectivity index (χ0) is 23.8. The fourth-order valence-corrected chi connectivity index (χ4v) is 2.90. The number of carbonyl (C=O) groups is 2. The quantitative estimate of drug-likeness (QED) is 0.485. The first-order valence-electron chi connectivity index (χ1n) is 8.55. The second kappa shape index (κ2) is 8.19. The van der Waals surface area contributed by atoms with Gasteiger partial charge in [0.2, 0.25) is 5.89 Å². The van der Waals surface area contributed by atoms with E-state index in [4.69, 9.17) is 11.6 Å². The number of carboxylic acid groups (broad SMARTS) is 1. The molecule has 0 saturated heterocycles. The van der Waals surface area contributed by atoms with E-state index in [2.05, 4.69) is 19.9 Å². The molecule has 3 rings (SSSR count). The molecule has 0 aliphatic heterocycles. The van der Waals surface area contributed by atoms with Gasteiger partial charge in [-0.25, -0.2) is 4.79 Å². The van der Waals surface area contributed by atoms with Gasteiger partial charge in [0.1, 0.15) is 0 Å². The number of hydrogen-bond donors (Lipinski definition) is 2. The van der Waals surface area contributed by atoms with Crippen LogP contribution >= 0.6 is 11.6 Å². The molecule has 0 radical (unpaired) electrons. The third-order valence-corrected chi connectivity index (χ3v) is 4.56. The maximum absolute atomic E-state index is 13.3. The number of aryl methyl sites for hydroxylation is 1. The number of nitrogens with one attached hydrogen (secondary N) is 1. The molecule has 32 heavy (non-hydrogen) atoms. The van der Waals surface area contributed by atoms with Gasteiger partial charge in [0, 0.05) is 11.3 Å². The van der Waals surface area contributed by atoms with Gasteiger partial charge >= 0.3 is 18.1 Å². The van der Waals surface area contributed by atoms with Crippen molar-refractivity contribution in [3.8, 4) is 11.5 Å². The van der Waals surface area contributed by atoms with Crippen LogP contribution in [0.25, 0.3) is 11.5 Å². The number of carboxylic acids is 1. The van der Waals surface area contributed by atoms with Crippen molar-refractivity contribution in [3.05, 3.63) is 64.0 Å². The summed E-state index contributed by atoms with van der Waals surface area (Å²) in [6, 6.07) is 7.80. The fraction of sp³-hybridized carbons (Fsp3) is 0.158. The van der Waals surface area contributed by atoms with Crippen molar-refractivity contribution in [2.45, 2.75) is 19.0 Å². The Bertz CT molecular complexity index is 1210. The van der Waals surface area contributed by atoms with E-state index in [1.54, 1.807) is 0 Å². The lowest BCUT2D eigenvalue weighted by Gasteiger charge is -2.14. The van der Waals surface area contributed by atoms with Crippen molar-refractivity contribution in [2.75, 3.05) is 5.32 Å². The fourth-order valence-electron chi connectivity index (χ4n) is 2.65. The van der Waals surface area contributed by atoms with Gasteiger partial charge in [0.25, 0.3) is 11.8 Å². The lowest BCUT2D eigenvalue weighted by atomic mass is 10.1. The molecular weight excluding hydrogens is 465 g/mol. The maximum Gasteiger partial charge on any atom is 0.463 e. The van der Waals surface area contributed by atoms with E-state index in [0.717, 1.165) is 0 Å². The average Bonchev–Trinajstić information content (AvgIpc) is 3.19. The zero-order valence-electron chi connectivity index (χ0n) is 15.8. The van der Waals surface area contributed by atoms with Crippen LogP contribution in [0.15, 0.2) is 40.8 Å². The number of benzene rings is 2. The Morgan fingerprint density at radius 1 is 1.09 bits per heavy atom. The molecule has 0 fully saturated rings. The van der Waals surface area contributed by atoms with Crippen molar-refractivity contribution in [2.24, 2.45) is 0 Å². The monoisotopic (exact) mass is 475 g/mol. The van der Waals surface area contributed by atoms with Gasteiger partial charge in [0.05, 0.1) is 16.1 Å². The van der Waals surface area contributed by atoms with Crippen molar-refractivity contribution >= 4 is 29.2 Å². The van der Waals surface area contributed by atoms with Gasteiger partial charge in [0.15, 0.2) is 0 Å². The van der Waals surface area contributed by atoms with Crippen molar-refractivity contribution < 1.29 is 41.1 Å². The van der Waals surface area contributed by atoms with E-state index in [9.17, 15) is 36.6 Å². The maximum atomic E-state index is 13.3. The first-order valence-corrected chi connectivity index (χ1v) is 8.93. The van der Waals surface area contributed by atoms with Crippen molar-refractivity contribution in [1.82, 2.24) is 10.2 Å². The number of anilines is 1. The van der Waals surface area contributed by atoms with E-state index in [0.29, 0.717) is 5.56 Å². The second-order valence-corrected chi connectivity index (χ2v) is 6.84. The van der Waals surface area contributed by atoms with Crippen LogP contribution in [-0.4, -0.2) is 33.4 Å². The van der Waals surface area contributed by atoms with Gasteiger partial charge in [-0.2, -0.15) is 22.0 Å². The molecule has 0 spiro atoms. The number of alkyl halides is 5. The predicted octanol–water partition coefficient (Wildman–Crippen LogP) is 5.30. The average molecular weight is 476 g/mol. The van der Waals surface area contributed by atoms with E-state index < -0.39 is 41.3 Å². The summed E-state index contributed by atoms with van der Waals surface area (Å²) < 4.78 is 68.5. The molecule has 1 aromatic heterocycles. The van der Waals surface area contributed by atoms with E-state index in [-0.39, 0.29) is 21.8 Å². The largest absolute Gasteiger partial charge is 0.478 e. The molecule has 13 heteroatoms. The minimum absolute atomic E-state index is 0.0196. The van der Waals surface area contributed by atoms with E-state index in [1.807, 2.05) is 0 Å². The Morgan fingerprint density at radius 2 is 1.78 bits per heavy atom. The van der Waals surface area contributed by atoms with Gasteiger partial charge in [-0.05, 0) is 42.8 Å². The summed E-state index contributed by atoms with van der Waals surface area (Å²) in [5.74, 6) is -10.0. The number of rotatable bonds is 5. The first kappa shape index (κ1) is 23.1. The normalized spacial score (nSPS) is 12.0. The first-order chi connectivity index (χ1) is 14.8. The lowest BCUT2D eigenvalue weighted by molar-refractivity contribution is -0.297. The molecule has 7 nitrogen and oxygen atoms in total. The van der Waals surface area contributed by atoms with E-state index >= 15 is 0 Å². The van der Waals surface area contributed by atoms with Gasteiger partial charge < -0.3 is 14.8 Å². The van der Waals surface area contributed by atoms with Crippen LogP contribution in [0.4, 0.5) is 27.6 Å². The standard InChI is InChI=1S/C19H11ClF5N3O4/c1-8-7-9(15-27-28-17(32-15)18(21,22)19(23,24)25)5-6-12(8)26-14(29)10-3-2-4-11(20)13(10)16(30)31/h2-7H,1H3,(H,26,29)(H,30,31). The molecule has 1 heterocycles. The summed E-state index contributed by atoms with van der Waals surface area (Å²) in [5.41, 5.74) is -0.0342. The third-order valence-electron chi connectivity index (χ3n) is 4.24. The summed E-state index contributed by atoms with van der Waals surface area (Å²) >= 11 is 5.85. The SMILES string of the molecule is Cc1cc(-c2nnc(C(F)(F)C(F)(F)F)o2)ccc1NC(=O)c1cccc(Cl)c1C(=O)O. The molecule has 0 saturated carbocycles. The molecule has 2 N–H and O–H groups in total. The molecule has 0 aliphatic carbocycles. The highest BCUT2D eigenvalue weighted by atomic mass is 35.5. The van der Waals surface area contributed by atoms with Crippen molar-refractivity contribution in [1.29, 1.82) is 0 Å². The second-order valence-electron chi connectivity index (χ2n) is 6.44. The number of aromatic carboxylic acids is 1. The molecule has 0 bridgehead atoms. The van der Waals surface area contributed by atoms with Crippen LogP contribution in [0.3, 0.4) is 0 Å². The summed E-state index contributed by atoms with van der Waals surface area (Å²) in [6.45, 7) is 1.50. The summed E-state index contributed by atoms with van der Waals surface area (Å²) in [5, 5.41) is 17.6. The summed E-state index contributed by atoms with van der Waals surface area (Å²) in [6.07, 6.45) is -5.91. The Labute approximate surface area is 180 Å². The third kappa shape index (κ3) is 4.26. The minimum Gasteiger partial charge on any atom is -0.478 e. The molecule has 0 atom stereocenters. The molecule has 1 amide bonds. The highest BCUT2D eigenvalue weighted by Crippen LogP contribution is 2.43. The van der Waals surface area contributed by atoms with Gasteiger partial charge in [-0.1, -0.05) is 17.7 Å². The van der Waals surface area contributed by atoms with Gasteiger partial charge in [-0.15, -0.1) is 10.2 Å². The Morgan fingerprint density at radius 3 is 2.38 bits per heavy atom. The predicted molar refractivity (Wildman–Crippen MR) is 101 cm³/mol. The van der Waals surface area contributed by atoms with Gasteiger partial charge in [-0.3, -0.25) is 4.79 Å². The summed E-state index contributed by atoms with van der Waals surface area (Å²) in [7, 11) is 0. The topological polar surface area (TPSA) is 105 Å². The number of halogens is 6. The molecule has 3 aromatic rings. The number of nitrogens with zero attached hydrogens (tertiary/aromatic N) is 2. The van der Waals surface area contributed by atoms with Crippen LogP contribution in [0.2, 0.25) is 5.02 Å². The number of hydrogen-bond acceptors (Lipinski definition) is 5.